The lowest BCUT2D eigenvalue weighted by molar-refractivity contribution is -0.111. The smallest absolute Gasteiger partial charge is 0.341 e. The Morgan fingerprint density at radius 2 is 1.84 bits per heavy atom. The van der Waals surface area contributed by atoms with Gasteiger partial charge < -0.3 is 14.8 Å². The summed E-state index contributed by atoms with van der Waals surface area (Å²) in [7, 11) is 0. The largest absolute Gasteiger partial charge is 0.489 e. The molecule has 0 radical (unpaired) electrons. The highest BCUT2D eigenvalue weighted by Gasteiger charge is 2.17. The highest BCUT2D eigenvalue weighted by atomic mass is 32.1. The fraction of sp³-hybridized carbons (Fsp3) is 0.200. The minimum absolute atomic E-state index is 0.284. The second-order valence-corrected chi connectivity index (χ2v) is 7.84. The van der Waals surface area contributed by atoms with Gasteiger partial charge >= 0.3 is 5.97 Å². The summed E-state index contributed by atoms with van der Waals surface area (Å²) in [5, 5.41) is 3.30. The topological polar surface area (TPSA) is 64.6 Å². The van der Waals surface area contributed by atoms with E-state index in [-0.39, 0.29) is 12.5 Å². The van der Waals surface area contributed by atoms with Crippen LogP contribution in [0.1, 0.15) is 40.2 Å². The van der Waals surface area contributed by atoms with Crippen molar-refractivity contribution in [2.45, 2.75) is 26.9 Å². The highest BCUT2D eigenvalue weighted by molar-refractivity contribution is 7.16. The number of esters is 1. The average molecular weight is 436 g/mol. The Morgan fingerprint density at radius 1 is 1.03 bits per heavy atom. The molecule has 0 saturated heterocycles. The molecule has 0 aliphatic carbocycles. The van der Waals surface area contributed by atoms with Gasteiger partial charge in [-0.15, -0.1) is 11.3 Å². The Balaban J connectivity index is 1.64. The van der Waals surface area contributed by atoms with E-state index in [0.717, 1.165) is 28.2 Å². The van der Waals surface area contributed by atoms with Crippen molar-refractivity contribution < 1.29 is 19.1 Å². The Kier molecular flexibility index (Phi) is 8.01. The van der Waals surface area contributed by atoms with Gasteiger partial charge in [0.25, 0.3) is 0 Å². The van der Waals surface area contributed by atoms with Crippen LogP contribution in [-0.2, 0) is 22.6 Å². The highest BCUT2D eigenvalue weighted by Crippen LogP contribution is 2.29. The standard InChI is InChI=1S/C25H25NO4S/c1-3-21-16-22(25(28)29-4-2)24(31-21)26-23(27)14-13-18-11-8-12-20(15-18)30-17-19-9-6-5-7-10-19/h5-16H,3-4,17H2,1-2H3,(H,26,27)/b14-13+. The van der Waals surface area contributed by atoms with E-state index in [2.05, 4.69) is 5.32 Å². The molecule has 160 valence electrons. The predicted octanol–water partition coefficient (Wildman–Crippen LogP) is 5.72. The lowest BCUT2D eigenvalue weighted by Gasteiger charge is -2.07. The van der Waals surface area contributed by atoms with Gasteiger partial charge in [0.05, 0.1) is 12.2 Å². The minimum Gasteiger partial charge on any atom is -0.489 e. The molecule has 0 fully saturated rings. The molecule has 0 aliphatic rings. The molecule has 0 spiro atoms. The van der Waals surface area contributed by atoms with E-state index in [4.69, 9.17) is 9.47 Å². The van der Waals surface area contributed by atoms with E-state index >= 15 is 0 Å². The quantitative estimate of drug-likeness (QED) is 0.345. The van der Waals surface area contributed by atoms with Crippen LogP contribution in [0.25, 0.3) is 6.08 Å². The Hall–Kier alpha value is -3.38. The van der Waals surface area contributed by atoms with Crippen molar-refractivity contribution in [2.24, 2.45) is 0 Å². The zero-order valence-corrected chi connectivity index (χ0v) is 18.4. The van der Waals surface area contributed by atoms with Gasteiger partial charge in [0, 0.05) is 11.0 Å². The first-order valence-electron chi connectivity index (χ1n) is 10.1. The first kappa shape index (κ1) is 22.3. The number of carbonyl (C=O) groups excluding carboxylic acids is 2. The molecule has 0 unspecified atom stereocenters. The molecule has 1 amide bonds. The fourth-order valence-corrected chi connectivity index (χ4v) is 3.83. The van der Waals surface area contributed by atoms with E-state index < -0.39 is 5.97 Å². The second-order valence-electron chi connectivity index (χ2n) is 6.70. The van der Waals surface area contributed by atoms with Crippen molar-refractivity contribution in [1.29, 1.82) is 0 Å². The van der Waals surface area contributed by atoms with Gasteiger partial charge in [-0.05, 0) is 48.7 Å². The maximum Gasteiger partial charge on any atom is 0.341 e. The fourth-order valence-electron chi connectivity index (χ4n) is 2.84. The molecule has 3 aromatic rings. The average Bonchev–Trinajstić information content (AvgIpc) is 3.20. The maximum atomic E-state index is 12.4. The van der Waals surface area contributed by atoms with E-state index in [1.807, 2.05) is 61.5 Å². The van der Waals surface area contributed by atoms with Crippen molar-refractivity contribution >= 4 is 34.3 Å². The van der Waals surface area contributed by atoms with Gasteiger partial charge in [0.15, 0.2) is 0 Å². The number of carbonyl (C=O) groups is 2. The van der Waals surface area contributed by atoms with Gasteiger partial charge in [-0.2, -0.15) is 0 Å². The van der Waals surface area contributed by atoms with E-state index in [1.165, 1.54) is 17.4 Å². The molecule has 0 saturated carbocycles. The third-order valence-corrected chi connectivity index (χ3v) is 5.59. The lowest BCUT2D eigenvalue weighted by atomic mass is 10.2. The van der Waals surface area contributed by atoms with Crippen LogP contribution in [0.5, 0.6) is 5.75 Å². The van der Waals surface area contributed by atoms with Gasteiger partial charge in [-0.1, -0.05) is 49.4 Å². The van der Waals surface area contributed by atoms with Crippen LogP contribution in [0.4, 0.5) is 5.00 Å². The SMILES string of the molecule is CCOC(=O)c1cc(CC)sc1NC(=O)/C=C/c1cccc(OCc2ccccc2)c1. The summed E-state index contributed by atoms with van der Waals surface area (Å²) in [6.07, 6.45) is 3.93. The maximum absolute atomic E-state index is 12.4. The Labute approximate surface area is 186 Å². The minimum atomic E-state index is -0.430. The van der Waals surface area contributed by atoms with Crippen LogP contribution in [0.3, 0.4) is 0 Å². The predicted molar refractivity (Wildman–Crippen MR) is 125 cm³/mol. The van der Waals surface area contributed by atoms with E-state index in [1.54, 1.807) is 19.1 Å². The molecule has 0 atom stereocenters. The third kappa shape index (κ3) is 6.55. The van der Waals surface area contributed by atoms with E-state index in [0.29, 0.717) is 17.2 Å². The first-order chi connectivity index (χ1) is 15.1. The number of anilines is 1. The van der Waals surface area contributed by atoms with Gasteiger partial charge in [0.2, 0.25) is 5.91 Å². The second kappa shape index (κ2) is 11.1. The zero-order valence-electron chi connectivity index (χ0n) is 17.6. The van der Waals surface area contributed by atoms with E-state index in [9.17, 15) is 9.59 Å². The molecule has 31 heavy (non-hydrogen) atoms. The van der Waals surface area contributed by atoms with Crippen molar-refractivity contribution in [3.63, 3.8) is 0 Å². The monoisotopic (exact) mass is 435 g/mol. The number of nitrogens with one attached hydrogen (secondary N) is 1. The number of ether oxygens (including phenoxy) is 2. The summed E-state index contributed by atoms with van der Waals surface area (Å²) < 4.78 is 10.9. The molecule has 2 aromatic carbocycles. The van der Waals surface area contributed by atoms with Crippen molar-refractivity contribution in [3.05, 3.63) is 88.3 Å². The summed E-state index contributed by atoms with van der Waals surface area (Å²) >= 11 is 1.38. The van der Waals surface area contributed by atoms with Crippen LogP contribution in [0, 0.1) is 0 Å². The number of rotatable bonds is 9. The van der Waals surface area contributed by atoms with Gasteiger partial charge in [-0.3, -0.25) is 4.79 Å². The third-order valence-electron chi connectivity index (χ3n) is 4.40. The van der Waals surface area contributed by atoms with Crippen LogP contribution in [-0.4, -0.2) is 18.5 Å². The lowest BCUT2D eigenvalue weighted by Crippen LogP contribution is -2.11. The van der Waals surface area contributed by atoms with Crippen LogP contribution >= 0.6 is 11.3 Å². The molecule has 1 N–H and O–H groups in total. The summed E-state index contributed by atoms with van der Waals surface area (Å²) in [6.45, 7) is 4.51. The Bertz CT molecular complexity index is 1060. The zero-order chi connectivity index (χ0) is 22.1. The number of aryl methyl sites for hydroxylation is 1. The van der Waals surface area contributed by atoms with Crippen molar-refractivity contribution in [1.82, 2.24) is 0 Å². The van der Waals surface area contributed by atoms with Crippen LogP contribution < -0.4 is 10.1 Å². The number of amides is 1. The first-order valence-corrected chi connectivity index (χ1v) is 11.0. The van der Waals surface area contributed by atoms with Crippen molar-refractivity contribution in [2.75, 3.05) is 11.9 Å². The van der Waals surface area contributed by atoms with Crippen molar-refractivity contribution in [3.8, 4) is 5.75 Å². The summed E-state index contributed by atoms with van der Waals surface area (Å²) in [6, 6.07) is 19.2. The molecule has 5 nitrogen and oxygen atoms in total. The molecule has 6 heteroatoms. The molecule has 0 aliphatic heterocycles. The Morgan fingerprint density at radius 3 is 2.58 bits per heavy atom. The summed E-state index contributed by atoms with van der Waals surface area (Å²) in [5.41, 5.74) is 2.32. The van der Waals surface area contributed by atoms with Gasteiger partial charge in [0.1, 0.15) is 17.4 Å². The number of hydrogen-bond acceptors (Lipinski definition) is 5. The molecule has 3 rings (SSSR count). The number of benzene rings is 2. The molecule has 1 aromatic heterocycles. The normalized spacial score (nSPS) is 10.8. The molecular weight excluding hydrogens is 410 g/mol. The molecule has 0 bridgehead atoms. The number of hydrogen-bond donors (Lipinski definition) is 1. The molecular formula is C25H25NO4S. The van der Waals surface area contributed by atoms with Crippen LogP contribution in [0.2, 0.25) is 0 Å². The molecule has 1 heterocycles. The summed E-state index contributed by atoms with van der Waals surface area (Å²) in [5.74, 6) is -0.0199. The number of thiophene rings is 1. The summed E-state index contributed by atoms with van der Waals surface area (Å²) in [4.78, 5) is 25.6. The van der Waals surface area contributed by atoms with Crippen LogP contribution in [0.15, 0.2) is 66.7 Å². The van der Waals surface area contributed by atoms with Gasteiger partial charge in [-0.25, -0.2) is 4.79 Å².